The molecule has 0 aliphatic heterocycles. The number of fused-ring (bicyclic) bond motifs is 5. The van der Waals surface area contributed by atoms with E-state index in [0.717, 1.165) is 29.3 Å². The van der Waals surface area contributed by atoms with Crippen molar-refractivity contribution >= 4 is 43.1 Å². The lowest BCUT2D eigenvalue weighted by Crippen LogP contribution is -2.09. The molecule has 0 saturated heterocycles. The lowest BCUT2D eigenvalue weighted by molar-refractivity contribution is 0.177. The summed E-state index contributed by atoms with van der Waals surface area (Å²) in [6, 6.07) is 2.91. The van der Waals surface area contributed by atoms with E-state index in [2.05, 4.69) is 0 Å². The highest BCUT2D eigenvalue weighted by Crippen LogP contribution is 2.55. The maximum atomic E-state index is 13.3. The van der Waals surface area contributed by atoms with E-state index in [-0.39, 0.29) is 45.5 Å². The molecule has 0 bridgehead atoms. The van der Waals surface area contributed by atoms with Gasteiger partial charge < -0.3 is 30.6 Å². The van der Waals surface area contributed by atoms with E-state index in [1.807, 2.05) is 27.7 Å². The van der Waals surface area contributed by atoms with Gasteiger partial charge in [-0.05, 0) is 64.3 Å². The number of allylic oxidation sites excluding steroid dienone is 3. The van der Waals surface area contributed by atoms with Gasteiger partial charge >= 0.3 is 0 Å². The molecule has 0 spiro atoms. The number of rotatable bonds is 5. The van der Waals surface area contributed by atoms with Crippen molar-refractivity contribution in [3.63, 3.8) is 0 Å². The molecule has 9 heteroatoms. The number of phenols is 5. The third kappa shape index (κ3) is 4.00. The first kappa shape index (κ1) is 27.7. The molecule has 5 aromatic rings. The lowest BCUT2D eigenvalue weighted by Gasteiger charge is -2.15. The summed E-state index contributed by atoms with van der Waals surface area (Å²) < 4.78 is 0. The first-order valence-corrected chi connectivity index (χ1v) is 12.9. The van der Waals surface area contributed by atoms with Gasteiger partial charge in [0.05, 0.1) is 27.6 Å². The molecule has 1 atom stereocenters. The number of aliphatic hydroxyl groups is 1. The number of aromatic hydroxyl groups is 5. The molecule has 9 nitrogen and oxygen atoms in total. The van der Waals surface area contributed by atoms with Crippen LogP contribution in [-0.2, 0) is 6.42 Å². The van der Waals surface area contributed by atoms with Crippen molar-refractivity contribution in [3.05, 3.63) is 83.3 Å². The summed E-state index contributed by atoms with van der Waals surface area (Å²) in [5.41, 5.74) is -0.519. The van der Waals surface area contributed by atoms with Crippen molar-refractivity contribution in [3.8, 4) is 28.7 Å². The molecule has 41 heavy (non-hydrogen) atoms. The van der Waals surface area contributed by atoms with Crippen molar-refractivity contribution in [2.45, 2.75) is 46.6 Å². The molecule has 0 unspecified atom stereocenters. The van der Waals surface area contributed by atoms with Gasteiger partial charge in [-0.1, -0.05) is 23.3 Å². The smallest absolute Gasteiger partial charge is 0.190 e. The molecule has 0 fully saturated rings. The first-order chi connectivity index (χ1) is 19.3. The number of hydrogen-bond donors (Lipinski definition) is 6. The highest BCUT2D eigenvalue weighted by Gasteiger charge is 2.31. The molecule has 0 aliphatic carbocycles. The standard InChI is InChI=1S/C32H28O9/c1-12(2)5-7-14-20-25(31(40)23-18(35)10-9-17(34)22(23)29(20)38)26-21(14)30(39)24-19(36)11-15(16(33)8-6-13(3)4)28(37)27(24)32(26)41/h5-6,9-11,16,33,37-41H,7-8H2,1-4H3/t16-/m0/s1. The summed E-state index contributed by atoms with van der Waals surface area (Å²) in [6.45, 7) is 7.24. The van der Waals surface area contributed by atoms with Crippen LogP contribution in [0.4, 0.5) is 0 Å². The Hall–Kier alpha value is -4.89. The van der Waals surface area contributed by atoms with Crippen LogP contribution in [0, 0.1) is 0 Å². The molecular formula is C32H28O9. The van der Waals surface area contributed by atoms with Crippen molar-refractivity contribution in [1.29, 1.82) is 0 Å². The van der Waals surface area contributed by atoms with Gasteiger partial charge in [0.15, 0.2) is 16.3 Å². The zero-order chi connectivity index (χ0) is 30.1. The van der Waals surface area contributed by atoms with Crippen LogP contribution in [0.15, 0.2) is 55.9 Å². The number of hydrogen-bond acceptors (Lipinski definition) is 9. The van der Waals surface area contributed by atoms with Crippen LogP contribution in [0.1, 0.15) is 51.3 Å². The summed E-state index contributed by atoms with van der Waals surface area (Å²) in [5, 5.41) is 65.3. The Labute approximate surface area is 232 Å². The number of aliphatic hydroxyl groups excluding tert-OH is 1. The van der Waals surface area contributed by atoms with Gasteiger partial charge in [0.1, 0.15) is 28.7 Å². The predicted molar refractivity (Wildman–Crippen MR) is 158 cm³/mol. The molecule has 6 N–H and O–H groups in total. The second kappa shape index (κ2) is 9.64. The van der Waals surface area contributed by atoms with Crippen LogP contribution in [0.5, 0.6) is 28.7 Å². The molecule has 0 saturated carbocycles. The van der Waals surface area contributed by atoms with E-state index in [1.165, 1.54) is 0 Å². The Kier molecular flexibility index (Phi) is 6.50. The maximum Gasteiger partial charge on any atom is 0.190 e. The van der Waals surface area contributed by atoms with E-state index < -0.39 is 72.7 Å². The predicted octanol–water partition coefficient (Wildman–Crippen LogP) is 4.68. The molecular weight excluding hydrogens is 528 g/mol. The van der Waals surface area contributed by atoms with Crippen LogP contribution in [0.3, 0.4) is 0 Å². The lowest BCUT2D eigenvalue weighted by atomic mass is 9.94. The highest BCUT2D eigenvalue weighted by atomic mass is 16.3. The normalized spacial score (nSPS) is 12.4. The fraction of sp³-hybridized carbons (Fsp3) is 0.219. The number of phenolic OH excluding ortho intramolecular Hbond substituents is 5. The van der Waals surface area contributed by atoms with Gasteiger partial charge in [0, 0.05) is 27.1 Å². The zero-order valence-electron chi connectivity index (χ0n) is 22.8. The van der Waals surface area contributed by atoms with Crippen LogP contribution in [0.25, 0.3) is 43.1 Å². The van der Waals surface area contributed by atoms with E-state index in [0.29, 0.717) is 0 Å². The second-order valence-electron chi connectivity index (χ2n) is 10.8. The quantitative estimate of drug-likeness (QED) is 0.133. The van der Waals surface area contributed by atoms with Gasteiger partial charge in [-0.3, -0.25) is 14.4 Å². The van der Waals surface area contributed by atoms with Crippen LogP contribution in [-0.4, -0.2) is 30.6 Å². The van der Waals surface area contributed by atoms with Crippen LogP contribution in [0.2, 0.25) is 0 Å². The van der Waals surface area contributed by atoms with Gasteiger partial charge in [0.2, 0.25) is 0 Å². The van der Waals surface area contributed by atoms with E-state index in [4.69, 9.17) is 0 Å². The molecule has 5 rings (SSSR count). The summed E-state index contributed by atoms with van der Waals surface area (Å²) in [7, 11) is 0. The maximum absolute atomic E-state index is 13.3. The van der Waals surface area contributed by atoms with Gasteiger partial charge in [0.25, 0.3) is 0 Å². The van der Waals surface area contributed by atoms with Crippen LogP contribution >= 0.6 is 0 Å². The fourth-order valence-corrected chi connectivity index (χ4v) is 5.58. The molecule has 5 aromatic carbocycles. The Morgan fingerprint density at radius 2 is 1.05 bits per heavy atom. The van der Waals surface area contributed by atoms with Crippen molar-refractivity contribution < 1.29 is 30.6 Å². The first-order valence-electron chi connectivity index (χ1n) is 12.9. The molecule has 0 aromatic heterocycles. The Morgan fingerprint density at radius 3 is 1.54 bits per heavy atom. The van der Waals surface area contributed by atoms with Gasteiger partial charge in [-0.2, -0.15) is 0 Å². The fourth-order valence-electron chi connectivity index (χ4n) is 5.58. The SMILES string of the molecule is CC(C)=CCc1c2c(O)c3c(=O)cc([C@@H](O)CC=C(C)C)c(O)c3c(O)c2c2c(O)c3c(=O)ccc(=O)c3c(O)c12. The molecule has 0 heterocycles. The third-order valence-electron chi connectivity index (χ3n) is 7.49. The van der Waals surface area contributed by atoms with E-state index in [1.54, 1.807) is 12.2 Å². The Balaban J connectivity index is 2.09. The minimum absolute atomic E-state index is 0.0459. The van der Waals surface area contributed by atoms with Gasteiger partial charge in [-0.25, -0.2) is 0 Å². The second-order valence-corrected chi connectivity index (χ2v) is 10.8. The summed E-state index contributed by atoms with van der Waals surface area (Å²) in [6.07, 6.45) is 2.24. The number of benzene rings is 4. The largest absolute Gasteiger partial charge is 0.507 e. The van der Waals surface area contributed by atoms with Crippen molar-refractivity contribution in [1.82, 2.24) is 0 Å². The average Bonchev–Trinajstić information content (AvgIpc) is 3.26. The Bertz CT molecular complexity index is 2150. The average molecular weight is 557 g/mol. The van der Waals surface area contributed by atoms with Crippen molar-refractivity contribution in [2.75, 3.05) is 0 Å². The van der Waals surface area contributed by atoms with Crippen molar-refractivity contribution in [2.24, 2.45) is 0 Å². The minimum atomic E-state index is -1.32. The van der Waals surface area contributed by atoms with E-state index >= 15 is 0 Å². The van der Waals surface area contributed by atoms with Crippen LogP contribution < -0.4 is 16.3 Å². The molecule has 210 valence electrons. The Morgan fingerprint density at radius 1 is 0.610 bits per heavy atom. The monoisotopic (exact) mass is 556 g/mol. The zero-order valence-corrected chi connectivity index (χ0v) is 22.8. The molecule has 0 aliphatic rings. The molecule has 0 amide bonds. The summed E-state index contributed by atoms with van der Waals surface area (Å²) in [5.74, 6) is -3.35. The summed E-state index contributed by atoms with van der Waals surface area (Å²) in [4.78, 5) is 38.8. The van der Waals surface area contributed by atoms with E-state index in [9.17, 15) is 45.0 Å². The van der Waals surface area contributed by atoms with Gasteiger partial charge in [-0.15, -0.1) is 0 Å². The summed E-state index contributed by atoms with van der Waals surface area (Å²) >= 11 is 0. The minimum Gasteiger partial charge on any atom is -0.507 e. The molecule has 0 radical (unpaired) electrons. The topological polar surface area (TPSA) is 173 Å². The highest BCUT2D eigenvalue weighted by molar-refractivity contribution is 6.31. The third-order valence-corrected chi connectivity index (χ3v) is 7.49.